The first kappa shape index (κ1) is 149. The van der Waals surface area contributed by atoms with E-state index in [-0.39, 0.29) is 17.2 Å². The number of hydrogen-bond donors (Lipinski definition) is 1. The van der Waals surface area contributed by atoms with Gasteiger partial charge in [0, 0.05) is 39.0 Å². The van der Waals surface area contributed by atoms with Crippen LogP contribution in [0, 0.1) is 0 Å². The topological polar surface area (TPSA) is 335 Å². The van der Waals surface area contributed by atoms with E-state index in [9.17, 15) is 0 Å². The highest BCUT2D eigenvalue weighted by Crippen LogP contribution is 2.41. The molecule has 0 amide bonds. The van der Waals surface area contributed by atoms with Crippen LogP contribution in [0.3, 0.4) is 0 Å². The second-order valence-corrected chi connectivity index (χ2v) is 169. The molecule has 0 saturated carbocycles. The summed E-state index contributed by atoms with van der Waals surface area (Å²) < 4.78 is 239. The summed E-state index contributed by atoms with van der Waals surface area (Å²) >= 11 is 0. The summed E-state index contributed by atoms with van der Waals surface area (Å²) in [6, 6.07) is 0.991. The van der Waals surface area contributed by atoms with E-state index in [0.717, 1.165) is 31.9 Å². The molecule has 0 aromatic heterocycles. The molecular weight excluding hydrogens is 2400 g/mol. The van der Waals surface area contributed by atoms with E-state index in [0.29, 0.717) is 0 Å². The Kier molecular flexibility index (Phi) is 52.5. The summed E-state index contributed by atoms with van der Waals surface area (Å²) in [6.07, 6.45) is 3.21. The first-order chi connectivity index (χ1) is 62.6. The van der Waals surface area contributed by atoms with Gasteiger partial charge in [0.25, 0.3) is 0 Å². The predicted molar refractivity (Wildman–Crippen MR) is 662 cm³/mol. The van der Waals surface area contributed by atoms with E-state index >= 15 is 0 Å². The van der Waals surface area contributed by atoms with Crippen LogP contribution in [0.15, 0.2) is 0 Å². The maximum atomic E-state index is 7.06. The normalized spacial score (nSPS) is 17.4. The highest BCUT2D eigenvalue weighted by Gasteiger charge is 2.60. The second-order valence-electron chi connectivity index (χ2n) is 53.9. The summed E-state index contributed by atoms with van der Waals surface area (Å²) in [4.78, 5) is 0. The minimum atomic E-state index is -3.38. The van der Waals surface area contributed by atoms with Crippen LogP contribution >= 0.6 is 0 Å². The first-order valence-electron chi connectivity index (χ1n) is 51.4. The van der Waals surface area contributed by atoms with Crippen molar-refractivity contribution in [2.75, 3.05) is 27.9 Å². The average Bonchev–Trinajstić information content (AvgIpc) is 0.795. The molecule has 0 bridgehead atoms. The lowest BCUT2D eigenvalue weighted by Gasteiger charge is -2.46. The smallest absolute Gasteiger partial charge is 0.436 e. The second kappa shape index (κ2) is 51.3. The van der Waals surface area contributed by atoms with Gasteiger partial charge < -0.3 is 151 Å². The van der Waals surface area contributed by atoms with Gasteiger partial charge in [-0.3, -0.25) is 0 Å². The average molecular weight is 2620 g/mol. The molecule has 0 radical (unpaired) electrons. The van der Waals surface area contributed by atoms with E-state index in [4.69, 9.17) is 146 Å². The number of ether oxygens (including phenoxy) is 1. The highest BCUT2D eigenvalue weighted by atomic mass is 28.6. The van der Waals surface area contributed by atoms with Crippen LogP contribution in [0.25, 0.3) is 0 Å². The van der Waals surface area contributed by atoms with Gasteiger partial charge in [-0.1, -0.05) is 0 Å². The van der Waals surface area contributed by atoms with Crippen molar-refractivity contribution in [1.82, 2.24) is 5.32 Å². The molecule has 0 unspecified atom stereocenters. The predicted octanol–water partition coefficient (Wildman–Crippen LogP) is 24.9. The molecule has 1 aliphatic heterocycles. The zero-order valence-electron chi connectivity index (χ0n) is 105. The van der Waals surface area contributed by atoms with Crippen LogP contribution in [-0.4, -0.2) is 319 Å². The van der Waals surface area contributed by atoms with Crippen molar-refractivity contribution in [2.45, 2.75) is 476 Å². The zero-order chi connectivity index (χ0) is 116. The molecule has 1 saturated heterocycles. The third kappa shape index (κ3) is 64.5. The minimum absolute atomic E-state index is 0.0460. The van der Waals surface area contributed by atoms with E-state index in [1.54, 1.807) is 0 Å². The maximum Gasteiger partial charge on any atom is 0.669 e. The van der Waals surface area contributed by atoms with Gasteiger partial charge in [-0.15, -0.1) is 0 Å². The van der Waals surface area contributed by atoms with E-state index < -0.39 is 274 Å². The van der Waals surface area contributed by atoms with Gasteiger partial charge in [-0.2, -0.15) is 0 Å². The Labute approximate surface area is 920 Å². The van der Waals surface area contributed by atoms with Crippen molar-refractivity contribution in [2.24, 2.45) is 0 Å². The number of piperidine rings is 1. The van der Waals surface area contributed by atoms with Gasteiger partial charge in [-0.05, 0) is 459 Å². The fourth-order valence-corrected chi connectivity index (χ4v) is 186. The third-order valence-corrected chi connectivity index (χ3v) is 144. The van der Waals surface area contributed by atoms with Crippen LogP contribution in [0.1, 0.15) is 47.0 Å². The fraction of sp³-hybridized carbons (Fsp3) is 1.00. The Morgan fingerprint density at radius 2 is 0.269 bits per heavy atom. The SMILES string of the molecule is CO[Si](OC)(OC)O[Si](C)(C)O[Si](C)(C)O[Si](C)(C)O[Si](C)(C)O[Si](C)(C)O[Si](C)(C)O[Si](C)(C)O[Si](C)(C)O[Si](C)(C)O[Si](C)(C)O[Si](C)(C)O[Si](C)(C)O[Si](C)(C)O[Si](C)(C)O[Si](C)(C)O[Si](C)(C)O[Si](C)(C)O[Si](C)(C)O[Si](C)(C)O[Si](C)(C)O[Si](C)(C)O[Si](C)(C)O[Si](C)(C)O[Si](C)(C)O[Si](C)(C)O[Si](C)(C)O[Si](C)(C)O[Si](C)(C)O[Si](C)(C)O[Si](C)(C)O[Si](C)(C)CCCOC1CC(C)(C)NC(C)(C)C1. The van der Waals surface area contributed by atoms with Crippen LogP contribution in [0.5, 0.6) is 0 Å². The number of rotatable bonds is 70. The Hall–Kier alpha value is 5.50. The molecule has 68 heteroatoms. The van der Waals surface area contributed by atoms with Crippen molar-refractivity contribution in [3.8, 4) is 0 Å². The van der Waals surface area contributed by atoms with Gasteiger partial charge in [0.1, 0.15) is 0 Å². The molecule has 1 heterocycles. The van der Waals surface area contributed by atoms with Crippen LogP contribution < -0.4 is 5.32 Å². The molecule has 1 N–H and O–H groups in total. The van der Waals surface area contributed by atoms with Crippen LogP contribution in [0.4, 0.5) is 0 Å². The summed E-state index contributed by atoms with van der Waals surface area (Å²) in [5.41, 5.74) is 0.0921. The van der Waals surface area contributed by atoms with Crippen molar-refractivity contribution in [3.05, 3.63) is 0 Å². The lowest BCUT2D eigenvalue weighted by atomic mass is 9.81. The molecule has 0 aromatic rings. The summed E-state index contributed by atoms with van der Waals surface area (Å²) in [5.74, 6) is 0. The Morgan fingerprint density at radius 1 is 0.166 bits per heavy atom. The molecule has 1 fully saturated rings. The van der Waals surface area contributed by atoms with Gasteiger partial charge >= 0.3 is 266 Å². The van der Waals surface area contributed by atoms with Gasteiger partial charge in [0.15, 0.2) is 8.32 Å². The van der Waals surface area contributed by atoms with Crippen molar-refractivity contribution in [3.63, 3.8) is 0 Å². The van der Waals surface area contributed by atoms with Gasteiger partial charge in [0.2, 0.25) is 0 Å². The number of hydrogen-bond acceptors (Lipinski definition) is 36. The Bertz CT molecular complexity index is 3820. The van der Waals surface area contributed by atoms with Crippen molar-refractivity contribution >= 4 is 274 Å². The molecule has 1 rings (SSSR count). The molecule has 145 heavy (non-hydrogen) atoms. The standard InChI is InChI=1S/C77H219NO35Si32/c1-76(2)73-75(74-77(3,4)78-76)82-71-70-72-114(8,9)83-115(10,11)84-116(12,13)85-117(14,15)86-118(16,17)87-119(18,19)88-120(20,21)89-121(22,23)90-122(24,25)91-123(26,27)92-124(28,29)93-125(30,31)94-126(32,33)95-127(34,35)96-128(36,37)97-129(38,39)98-130(40,41)99-131(42,43)100-132(44,45)101-133(46,47)102-134(48,49)103-135(50,51)104-136(52,53)105-137(54,55)106-138(56,57)107-139(58,59)108-140(60,61)109-141(62,63)110-142(64,65)111-143(66,67)112-144(68,69)113-145(79-5,80-6)81-7/h75,78H,70-74H2,1-69H3. The highest BCUT2D eigenvalue weighted by molar-refractivity contribution is 6.99. The van der Waals surface area contributed by atoms with Gasteiger partial charge in [0.05, 0.1) is 6.10 Å². The Balaban J connectivity index is 3.02. The lowest BCUT2D eigenvalue weighted by molar-refractivity contribution is -0.0215. The third-order valence-electron chi connectivity index (χ3n) is 19.3. The summed E-state index contributed by atoms with van der Waals surface area (Å²) in [7, 11) is -88.2. The van der Waals surface area contributed by atoms with Gasteiger partial charge in [-0.25, -0.2) is 0 Å². The molecule has 36 nitrogen and oxygen atoms in total. The van der Waals surface area contributed by atoms with E-state index in [1.165, 1.54) is 21.3 Å². The monoisotopic (exact) mass is 2610 g/mol. The van der Waals surface area contributed by atoms with Crippen LogP contribution in [-0.2, 0) is 146 Å². The summed E-state index contributed by atoms with van der Waals surface area (Å²) in [5, 5.41) is 3.77. The minimum Gasteiger partial charge on any atom is -0.436 e. The number of nitrogens with one attached hydrogen (secondary N) is 1. The lowest BCUT2D eigenvalue weighted by Crippen LogP contribution is -2.63. The quantitative estimate of drug-likeness (QED) is 0.0436. The molecule has 870 valence electrons. The molecule has 0 spiro atoms. The maximum absolute atomic E-state index is 7.06. The molecule has 0 aliphatic carbocycles. The molecule has 0 aromatic carbocycles. The summed E-state index contributed by atoms with van der Waals surface area (Å²) in [6.45, 7) is 137. The molecular formula is C77H219NO35Si32. The Morgan fingerprint density at radius 3 is 0.379 bits per heavy atom. The molecule has 1 aliphatic rings. The zero-order valence-corrected chi connectivity index (χ0v) is 137. The van der Waals surface area contributed by atoms with E-state index in [1.807, 2.05) is 170 Å². The van der Waals surface area contributed by atoms with E-state index in [2.05, 4.69) is 269 Å². The van der Waals surface area contributed by atoms with Crippen LogP contribution in [0.2, 0.25) is 412 Å². The fourth-order valence-electron chi connectivity index (χ4n) is 22.3. The van der Waals surface area contributed by atoms with Crippen molar-refractivity contribution in [1.29, 1.82) is 0 Å². The first-order valence-corrected chi connectivity index (χ1v) is 141. The largest absolute Gasteiger partial charge is 0.669 e. The van der Waals surface area contributed by atoms with Crippen molar-refractivity contribution < 1.29 is 146 Å². The molecule has 0 atom stereocenters.